The summed E-state index contributed by atoms with van der Waals surface area (Å²) in [4.78, 5) is 37.0. The Hall–Kier alpha value is -3.41. The second-order valence-corrected chi connectivity index (χ2v) is 10.9. The van der Waals surface area contributed by atoms with E-state index in [1.165, 1.54) is 16.4 Å². The number of anilines is 1. The van der Waals surface area contributed by atoms with Crippen LogP contribution in [-0.2, 0) is 16.6 Å². The molecule has 1 aliphatic rings. The monoisotopic (exact) mass is 528 g/mol. The molecule has 0 saturated carbocycles. The van der Waals surface area contributed by atoms with Crippen LogP contribution in [0.5, 0.6) is 0 Å². The number of fused-ring (bicyclic) bond motifs is 1. The Bertz CT molecular complexity index is 1630. The summed E-state index contributed by atoms with van der Waals surface area (Å²) in [6, 6.07) is 13.8. The zero-order valence-corrected chi connectivity index (χ0v) is 21.1. The molecule has 0 amide bonds. The molecule has 0 unspecified atom stereocenters. The minimum absolute atomic E-state index is 0.167. The van der Waals surface area contributed by atoms with E-state index in [1.54, 1.807) is 12.1 Å². The van der Waals surface area contributed by atoms with E-state index in [-0.39, 0.29) is 16.1 Å². The first-order valence-corrected chi connectivity index (χ1v) is 13.4. The van der Waals surface area contributed by atoms with Crippen molar-refractivity contribution in [1.29, 1.82) is 0 Å². The molecule has 1 aliphatic heterocycles. The van der Waals surface area contributed by atoms with E-state index in [0.717, 1.165) is 10.3 Å². The summed E-state index contributed by atoms with van der Waals surface area (Å²) < 4.78 is 29.1. The highest BCUT2D eigenvalue weighted by Crippen LogP contribution is 2.28. The molecule has 3 heterocycles. The van der Waals surface area contributed by atoms with Crippen LogP contribution in [0.25, 0.3) is 22.6 Å². The number of piperazine rings is 1. The van der Waals surface area contributed by atoms with Gasteiger partial charge in [-0.25, -0.2) is 18.2 Å². The number of nitrogens with one attached hydrogen (secondary N) is 2. The third-order valence-corrected chi connectivity index (χ3v) is 8.51. The van der Waals surface area contributed by atoms with Gasteiger partial charge in [0.25, 0.3) is 5.56 Å². The van der Waals surface area contributed by atoms with Gasteiger partial charge in [0.1, 0.15) is 11.3 Å². The van der Waals surface area contributed by atoms with Gasteiger partial charge in [-0.1, -0.05) is 30.7 Å². The summed E-state index contributed by atoms with van der Waals surface area (Å²) in [7, 11) is -3.68. The van der Waals surface area contributed by atoms with Crippen LogP contribution in [0.2, 0.25) is 5.02 Å². The Morgan fingerprint density at radius 3 is 2.33 bits per heavy atom. The van der Waals surface area contributed by atoms with Gasteiger partial charge < -0.3 is 9.88 Å². The average Bonchev–Trinajstić information content (AvgIpc) is 3.31. The predicted octanol–water partition coefficient (Wildman–Crippen LogP) is 2.65. The second kappa shape index (κ2) is 9.57. The predicted molar refractivity (Wildman–Crippen MR) is 139 cm³/mol. The third kappa shape index (κ3) is 4.34. The number of para-hydroxylation sites is 1. The van der Waals surface area contributed by atoms with Crippen LogP contribution in [0, 0.1) is 0 Å². The molecule has 1 fully saturated rings. The Morgan fingerprint density at radius 2 is 1.67 bits per heavy atom. The molecule has 188 valence electrons. The normalized spacial score (nSPS) is 15.0. The van der Waals surface area contributed by atoms with Gasteiger partial charge in [-0.3, -0.25) is 14.3 Å². The summed E-state index contributed by atoms with van der Waals surface area (Å²) in [5, 5.41) is 0.642. The van der Waals surface area contributed by atoms with E-state index in [0.29, 0.717) is 55.6 Å². The molecule has 0 atom stereocenters. The fraction of sp³-hybridized carbons (Fsp3) is 0.292. The van der Waals surface area contributed by atoms with Crippen molar-refractivity contribution in [1.82, 2.24) is 23.8 Å². The summed E-state index contributed by atoms with van der Waals surface area (Å²) >= 11 is 6.29. The summed E-state index contributed by atoms with van der Waals surface area (Å²) in [6.07, 6.45) is 0.639. The van der Waals surface area contributed by atoms with Crippen molar-refractivity contribution in [2.45, 2.75) is 24.8 Å². The van der Waals surface area contributed by atoms with Crippen LogP contribution in [-0.4, -0.2) is 58.4 Å². The standard InChI is InChI=1S/C24H25ClN6O4S/c1-2-11-31-23(32)20-22(28-24(31)33)27-21(26-20)16-7-9-17(10-8-16)36(34,35)30-14-12-29(13-15-30)19-6-4-3-5-18(19)25/h3-10H,2,11-15H2,1H3,(H,26,27)(H,28,33). The van der Waals surface area contributed by atoms with Crippen LogP contribution >= 0.6 is 11.6 Å². The first-order valence-electron chi connectivity index (χ1n) is 11.6. The molecule has 0 bridgehead atoms. The van der Waals surface area contributed by atoms with E-state index >= 15 is 0 Å². The van der Waals surface area contributed by atoms with Gasteiger partial charge in [0.15, 0.2) is 5.65 Å². The van der Waals surface area contributed by atoms with Gasteiger partial charge in [0.2, 0.25) is 10.0 Å². The topological polar surface area (TPSA) is 124 Å². The van der Waals surface area contributed by atoms with Gasteiger partial charge in [-0.2, -0.15) is 4.31 Å². The van der Waals surface area contributed by atoms with Crippen molar-refractivity contribution in [3.8, 4) is 11.4 Å². The van der Waals surface area contributed by atoms with Crippen molar-refractivity contribution in [3.63, 3.8) is 0 Å². The number of halogens is 1. The van der Waals surface area contributed by atoms with Gasteiger partial charge in [0.05, 0.1) is 15.6 Å². The van der Waals surface area contributed by atoms with Crippen molar-refractivity contribution in [3.05, 3.63) is 74.4 Å². The van der Waals surface area contributed by atoms with Gasteiger partial charge >= 0.3 is 5.69 Å². The Balaban J connectivity index is 1.35. The first-order chi connectivity index (χ1) is 17.3. The van der Waals surface area contributed by atoms with Crippen molar-refractivity contribution < 1.29 is 8.42 Å². The molecular formula is C24H25ClN6O4S. The number of imidazole rings is 1. The number of benzene rings is 2. The highest BCUT2D eigenvalue weighted by atomic mass is 35.5. The van der Waals surface area contributed by atoms with Crippen molar-refractivity contribution in [2.75, 3.05) is 31.1 Å². The maximum absolute atomic E-state index is 13.2. The molecular weight excluding hydrogens is 504 g/mol. The van der Waals surface area contributed by atoms with E-state index in [2.05, 4.69) is 19.9 Å². The Kier molecular flexibility index (Phi) is 6.45. The molecule has 2 aromatic carbocycles. The number of aromatic nitrogens is 4. The Labute approximate surface area is 212 Å². The zero-order valence-electron chi connectivity index (χ0n) is 19.6. The maximum Gasteiger partial charge on any atom is 0.330 e. The van der Waals surface area contributed by atoms with E-state index in [4.69, 9.17) is 11.6 Å². The SMILES string of the molecule is CCCn1c(=O)[nH]c2nc(-c3ccc(S(=O)(=O)N4CCN(c5ccccc5Cl)CC4)cc3)[nH]c2c1=O. The highest BCUT2D eigenvalue weighted by Gasteiger charge is 2.29. The van der Waals surface area contributed by atoms with E-state index in [1.807, 2.05) is 31.2 Å². The molecule has 0 radical (unpaired) electrons. The van der Waals surface area contributed by atoms with Crippen LogP contribution < -0.4 is 16.1 Å². The Morgan fingerprint density at radius 1 is 0.972 bits per heavy atom. The lowest BCUT2D eigenvalue weighted by molar-refractivity contribution is 0.385. The molecule has 12 heteroatoms. The summed E-state index contributed by atoms with van der Waals surface area (Å²) in [5.74, 6) is 0.365. The van der Waals surface area contributed by atoms with Gasteiger partial charge in [0, 0.05) is 38.3 Å². The quantitative estimate of drug-likeness (QED) is 0.396. The minimum Gasteiger partial charge on any atom is -0.368 e. The fourth-order valence-corrected chi connectivity index (χ4v) is 6.07. The summed E-state index contributed by atoms with van der Waals surface area (Å²) in [6.45, 7) is 3.94. The molecule has 2 N–H and O–H groups in total. The minimum atomic E-state index is -3.68. The number of sulfonamides is 1. The molecule has 0 aliphatic carbocycles. The van der Waals surface area contributed by atoms with Crippen LogP contribution in [0.15, 0.2) is 63.0 Å². The molecule has 2 aromatic heterocycles. The average molecular weight is 529 g/mol. The molecule has 36 heavy (non-hydrogen) atoms. The second-order valence-electron chi connectivity index (χ2n) is 8.56. The highest BCUT2D eigenvalue weighted by molar-refractivity contribution is 7.89. The number of nitrogens with zero attached hydrogens (tertiary/aromatic N) is 4. The molecule has 1 saturated heterocycles. The third-order valence-electron chi connectivity index (χ3n) is 6.28. The van der Waals surface area contributed by atoms with E-state index < -0.39 is 21.3 Å². The number of hydrogen-bond donors (Lipinski definition) is 2. The first kappa shape index (κ1) is 24.3. The number of aromatic amines is 2. The lowest BCUT2D eigenvalue weighted by Crippen LogP contribution is -2.48. The lowest BCUT2D eigenvalue weighted by Gasteiger charge is -2.35. The van der Waals surface area contributed by atoms with Gasteiger partial charge in [-0.15, -0.1) is 0 Å². The molecule has 0 spiro atoms. The van der Waals surface area contributed by atoms with Crippen molar-refractivity contribution >= 4 is 38.5 Å². The number of rotatable bonds is 6. The number of hydrogen-bond acceptors (Lipinski definition) is 6. The van der Waals surface area contributed by atoms with Crippen molar-refractivity contribution in [2.24, 2.45) is 0 Å². The maximum atomic E-state index is 13.2. The van der Waals surface area contributed by atoms with Crippen LogP contribution in [0.3, 0.4) is 0 Å². The molecule has 10 nitrogen and oxygen atoms in total. The molecule has 4 aromatic rings. The fourth-order valence-electron chi connectivity index (χ4n) is 4.39. The van der Waals surface area contributed by atoms with Crippen LogP contribution in [0.4, 0.5) is 5.69 Å². The van der Waals surface area contributed by atoms with Crippen LogP contribution in [0.1, 0.15) is 13.3 Å². The number of H-pyrrole nitrogens is 2. The van der Waals surface area contributed by atoms with Gasteiger partial charge in [-0.05, 0) is 42.8 Å². The van der Waals surface area contributed by atoms with E-state index in [9.17, 15) is 18.0 Å². The smallest absolute Gasteiger partial charge is 0.330 e. The summed E-state index contributed by atoms with van der Waals surface area (Å²) in [5.41, 5.74) is 0.907. The molecule has 5 rings (SSSR count). The zero-order chi connectivity index (χ0) is 25.4. The largest absolute Gasteiger partial charge is 0.368 e. The lowest BCUT2D eigenvalue weighted by atomic mass is 10.2.